The number of rotatable bonds is 2. The minimum absolute atomic E-state index is 0.159. The van der Waals surface area contributed by atoms with Gasteiger partial charge in [0.2, 0.25) is 0 Å². The Bertz CT molecular complexity index is 435. The van der Waals surface area contributed by atoms with Gasteiger partial charge in [-0.15, -0.1) is 0 Å². The Morgan fingerprint density at radius 1 is 1.47 bits per heavy atom. The summed E-state index contributed by atoms with van der Waals surface area (Å²) >= 11 is 3.54. The maximum atomic E-state index is 13.3. The zero-order chi connectivity index (χ0) is 12.4. The van der Waals surface area contributed by atoms with Gasteiger partial charge >= 0.3 is 0 Å². The molecular weight excluding hydrogens is 285 g/mol. The molecular formula is C13H15BrFNO. The van der Waals surface area contributed by atoms with E-state index in [0.717, 1.165) is 19.3 Å². The number of halogens is 2. The molecule has 4 heteroatoms. The summed E-state index contributed by atoms with van der Waals surface area (Å²) in [6.07, 6.45) is 3.17. The Morgan fingerprint density at radius 2 is 2.24 bits per heavy atom. The third-order valence-corrected chi connectivity index (χ3v) is 4.28. The normalized spacial score (nSPS) is 23.7. The van der Waals surface area contributed by atoms with E-state index in [-0.39, 0.29) is 17.8 Å². The fourth-order valence-corrected chi connectivity index (χ4v) is 2.78. The maximum absolute atomic E-state index is 13.3. The molecule has 2 nitrogen and oxygen atoms in total. The highest BCUT2D eigenvalue weighted by molar-refractivity contribution is 9.09. The maximum Gasteiger partial charge on any atom is 0.251 e. The van der Waals surface area contributed by atoms with Gasteiger partial charge in [0.05, 0.1) is 0 Å². The zero-order valence-electron chi connectivity index (χ0n) is 9.67. The summed E-state index contributed by atoms with van der Waals surface area (Å²) in [5, 5.41) is 2.94. The van der Waals surface area contributed by atoms with Gasteiger partial charge in [0.15, 0.2) is 0 Å². The molecule has 17 heavy (non-hydrogen) atoms. The van der Waals surface area contributed by atoms with Crippen LogP contribution in [0.25, 0.3) is 0 Å². The van der Waals surface area contributed by atoms with Crippen molar-refractivity contribution < 1.29 is 9.18 Å². The van der Waals surface area contributed by atoms with E-state index < -0.39 is 0 Å². The van der Waals surface area contributed by atoms with E-state index >= 15 is 0 Å². The molecule has 92 valence electrons. The number of alkyl halides is 1. The van der Waals surface area contributed by atoms with Crippen LogP contribution in [0.15, 0.2) is 18.2 Å². The smallest absolute Gasteiger partial charge is 0.251 e. The molecule has 0 bridgehead atoms. The van der Waals surface area contributed by atoms with Crippen LogP contribution in [0.1, 0.15) is 35.2 Å². The molecule has 0 spiro atoms. The molecule has 0 aromatic heterocycles. The van der Waals surface area contributed by atoms with E-state index in [0.29, 0.717) is 16.0 Å². The molecule has 1 amide bonds. The topological polar surface area (TPSA) is 29.1 Å². The highest BCUT2D eigenvalue weighted by Crippen LogP contribution is 2.25. The predicted octanol–water partition coefficient (Wildman–Crippen LogP) is 3.18. The number of carbonyl (C=O) groups is 1. The molecule has 2 atom stereocenters. The van der Waals surface area contributed by atoms with Gasteiger partial charge in [0.1, 0.15) is 5.82 Å². The van der Waals surface area contributed by atoms with E-state index in [1.54, 1.807) is 19.1 Å². The number of hydrogen-bond acceptors (Lipinski definition) is 1. The molecule has 0 saturated heterocycles. The lowest BCUT2D eigenvalue weighted by Gasteiger charge is -2.16. The van der Waals surface area contributed by atoms with Gasteiger partial charge in [-0.05, 0) is 37.5 Å². The summed E-state index contributed by atoms with van der Waals surface area (Å²) in [5.74, 6) is -0.528. The summed E-state index contributed by atoms with van der Waals surface area (Å²) in [4.78, 5) is 12.2. The zero-order valence-corrected chi connectivity index (χ0v) is 11.3. The second kappa shape index (κ2) is 5.17. The lowest BCUT2D eigenvalue weighted by atomic mass is 10.1. The van der Waals surface area contributed by atoms with Gasteiger partial charge in [-0.2, -0.15) is 0 Å². The number of nitrogens with one attached hydrogen (secondary N) is 1. The standard InChI is InChI=1S/C13H15BrFNO/c1-8-5-6-9(7-11(8)15)13(17)16-12-4-2-3-10(12)14/h5-7,10,12H,2-4H2,1H3,(H,16,17). The number of hydrogen-bond donors (Lipinski definition) is 1. The van der Waals surface area contributed by atoms with Crippen molar-refractivity contribution in [1.82, 2.24) is 5.32 Å². The van der Waals surface area contributed by atoms with E-state index in [1.807, 2.05) is 0 Å². The Morgan fingerprint density at radius 3 is 2.82 bits per heavy atom. The lowest BCUT2D eigenvalue weighted by molar-refractivity contribution is 0.0938. The molecule has 1 aliphatic rings. The van der Waals surface area contributed by atoms with Crippen molar-refractivity contribution in [3.63, 3.8) is 0 Å². The molecule has 1 aromatic rings. The molecule has 1 aromatic carbocycles. The number of amides is 1. The first kappa shape index (κ1) is 12.6. The Hall–Kier alpha value is -0.900. The third kappa shape index (κ3) is 2.86. The number of aryl methyl sites for hydroxylation is 1. The van der Waals surface area contributed by atoms with Crippen LogP contribution >= 0.6 is 15.9 Å². The van der Waals surface area contributed by atoms with Crippen molar-refractivity contribution in [2.24, 2.45) is 0 Å². The Kier molecular flexibility index (Phi) is 3.82. The summed E-state index contributed by atoms with van der Waals surface area (Å²) in [6.45, 7) is 1.68. The van der Waals surface area contributed by atoms with Crippen LogP contribution in [-0.4, -0.2) is 16.8 Å². The first-order valence-corrected chi connectivity index (χ1v) is 6.70. The minimum atomic E-state index is -0.334. The quantitative estimate of drug-likeness (QED) is 0.835. The fraction of sp³-hybridized carbons (Fsp3) is 0.462. The molecule has 0 heterocycles. The molecule has 1 fully saturated rings. The summed E-state index contributed by atoms with van der Waals surface area (Å²) < 4.78 is 13.3. The molecule has 1 N–H and O–H groups in total. The minimum Gasteiger partial charge on any atom is -0.348 e. The molecule has 2 unspecified atom stereocenters. The van der Waals surface area contributed by atoms with Crippen LogP contribution in [0.3, 0.4) is 0 Å². The van der Waals surface area contributed by atoms with Crippen LogP contribution in [0.2, 0.25) is 0 Å². The summed E-state index contributed by atoms with van der Waals surface area (Å²) in [5.41, 5.74) is 0.945. The van der Waals surface area contributed by atoms with Gasteiger partial charge in [0, 0.05) is 16.4 Å². The number of benzene rings is 1. The molecule has 1 aliphatic carbocycles. The molecule has 1 saturated carbocycles. The average Bonchev–Trinajstić information content (AvgIpc) is 2.68. The van der Waals surface area contributed by atoms with Crippen molar-refractivity contribution in [2.45, 2.75) is 37.1 Å². The molecule has 0 radical (unpaired) electrons. The van der Waals surface area contributed by atoms with E-state index in [2.05, 4.69) is 21.2 Å². The van der Waals surface area contributed by atoms with Crippen molar-refractivity contribution in [1.29, 1.82) is 0 Å². The molecule has 0 aliphatic heterocycles. The highest BCUT2D eigenvalue weighted by Gasteiger charge is 2.26. The lowest BCUT2D eigenvalue weighted by Crippen LogP contribution is -2.37. The van der Waals surface area contributed by atoms with Gasteiger partial charge in [0.25, 0.3) is 5.91 Å². The van der Waals surface area contributed by atoms with Crippen molar-refractivity contribution >= 4 is 21.8 Å². The van der Waals surface area contributed by atoms with Gasteiger partial charge in [-0.3, -0.25) is 4.79 Å². The van der Waals surface area contributed by atoms with Gasteiger partial charge in [-0.25, -0.2) is 4.39 Å². The predicted molar refractivity (Wildman–Crippen MR) is 69.0 cm³/mol. The van der Waals surface area contributed by atoms with Crippen LogP contribution < -0.4 is 5.32 Å². The third-order valence-electron chi connectivity index (χ3n) is 3.18. The van der Waals surface area contributed by atoms with Crippen molar-refractivity contribution in [3.8, 4) is 0 Å². The van der Waals surface area contributed by atoms with E-state index in [1.165, 1.54) is 6.07 Å². The fourth-order valence-electron chi connectivity index (χ4n) is 2.06. The van der Waals surface area contributed by atoms with Crippen molar-refractivity contribution in [3.05, 3.63) is 35.1 Å². The second-order valence-electron chi connectivity index (χ2n) is 4.49. The summed E-state index contributed by atoms with van der Waals surface area (Å²) in [6, 6.07) is 4.74. The average molecular weight is 300 g/mol. The summed E-state index contributed by atoms with van der Waals surface area (Å²) in [7, 11) is 0. The van der Waals surface area contributed by atoms with E-state index in [9.17, 15) is 9.18 Å². The SMILES string of the molecule is Cc1ccc(C(=O)NC2CCCC2Br)cc1F. The van der Waals surface area contributed by atoms with Crippen LogP contribution in [0.5, 0.6) is 0 Å². The van der Waals surface area contributed by atoms with Gasteiger partial charge in [-0.1, -0.05) is 28.4 Å². The first-order valence-electron chi connectivity index (χ1n) is 5.79. The second-order valence-corrected chi connectivity index (χ2v) is 5.67. The Balaban J connectivity index is 2.06. The largest absolute Gasteiger partial charge is 0.348 e. The van der Waals surface area contributed by atoms with Crippen LogP contribution in [-0.2, 0) is 0 Å². The van der Waals surface area contributed by atoms with Crippen LogP contribution in [0, 0.1) is 12.7 Å². The first-order chi connectivity index (χ1) is 8.08. The monoisotopic (exact) mass is 299 g/mol. The van der Waals surface area contributed by atoms with Gasteiger partial charge < -0.3 is 5.32 Å². The highest BCUT2D eigenvalue weighted by atomic mass is 79.9. The molecule has 2 rings (SSSR count). The number of carbonyl (C=O) groups excluding carboxylic acids is 1. The van der Waals surface area contributed by atoms with E-state index in [4.69, 9.17) is 0 Å². The Labute approximate surface area is 109 Å². The van der Waals surface area contributed by atoms with Crippen LogP contribution in [0.4, 0.5) is 4.39 Å². The van der Waals surface area contributed by atoms with Crippen molar-refractivity contribution in [2.75, 3.05) is 0 Å².